The summed E-state index contributed by atoms with van der Waals surface area (Å²) in [4.78, 5) is 23.7. The van der Waals surface area contributed by atoms with Crippen LogP contribution in [0.2, 0.25) is 0 Å². The standard InChI is InChI=1S/C14H10O3S/c1-7-12(15)11(14(17)13(7)16)9-6-18-10-5-3-2-4-8(9)10/h2-7,17H,1H3/t7-/m1/s1. The summed E-state index contributed by atoms with van der Waals surface area (Å²) >= 11 is 1.50. The highest BCUT2D eigenvalue weighted by molar-refractivity contribution is 7.17. The van der Waals surface area contributed by atoms with Gasteiger partial charge in [0, 0.05) is 21.0 Å². The van der Waals surface area contributed by atoms with Gasteiger partial charge in [0.15, 0.2) is 11.5 Å². The zero-order chi connectivity index (χ0) is 12.9. The first kappa shape index (κ1) is 11.2. The molecular weight excluding hydrogens is 248 g/mol. The predicted molar refractivity (Wildman–Crippen MR) is 70.6 cm³/mol. The topological polar surface area (TPSA) is 54.4 Å². The van der Waals surface area contributed by atoms with Crippen LogP contribution in [-0.2, 0) is 9.59 Å². The first-order chi connectivity index (χ1) is 8.61. The average Bonchev–Trinajstić information content (AvgIpc) is 2.87. The second-order valence-corrected chi connectivity index (χ2v) is 5.23. The van der Waals surface area contributed by atoms with Crippen molar-refractivity contribution in [3.8, 4) is 0 Å². The maximum absolute atomic E-state index is 12.0. The normalized spacial score (nSPS) is 20.2. The lowest BCUT2D eigenvalue weighted by atomic mass is 10.00. The highest BCUT2D eigenvalue weighted by Crippen LogP contribution is 2.37. The molecule has 1 atom stereocenters. The third-order valence-electron chi connectivity index (χ3n) is 3.25. The van der Waals surface area contributed by atoms with Gasteiger partial charge in [-0.1, -0.05) is 18.2 Å². The van der Waals surface area contributed by atoms with Crippen LogP contribution in [0.3, 0.4) is 0 Å². The third kappa shape index (κ3) is 1.36. The summed E-state index contributed by atoms with van der Waals surface area (Å²) in [5, 5.41) is 12.6. The number of hydrogen-bond donors (Lipinski definition) is 1. The number of fused-ring (bicyclic) bond motifs is 1. The van der Waals surface area contributed by atoms with Crippen molar-refractivity contribution < 1.29 is 14.7 Å². The van der Waals surface area contributed by atoms with Crippen LogP contribution in [0.4, 0.5) is 0 Å². The molecule has 1 aliphatic rings. The van der Waals surface area contributed by atoms with Crippen LogP contribution in [0.5, 0.6) is 0 Å². The van der Waals surface area contributed by atoms with Crippen LogP contribution >= 0.6 is 11.3 Å². The molecule has 0 aliphatic heterocycles. The van der Waals surface area contributed by atoms with Gasteiger partial charge in [0.25, 0.3) is 0 Å². The van der Waals surface area contributed by atoms with Crippen LogP contribution < -0.4 is 0 Å². The molecule has 0 amide bonds. The second kappa shape index (κ2) is 3.78. The van der Waals surface area contributed by atoms with E-state index in [0.717, 1.165) is 10.1 Å². The zero-order valence-electron chi connectivity index (χ0n) is 9.64. The van der Waals surface area contributed by atoms with E-state index >= 15 is 0 Å². The maximum atomic E-state index is 12.0. The lowest BCUT2D eigenvalue weighted by Gasteiger charge is -2.00. The summed E-state index contributed by atoms with van der Waals surface area (Å²) in [6, 6.07) is 7.63. The molecule has 2 aromatic rings. The van der Waals surface area contributed by atoms with E-state index in [1.54, 1.807) is 0 Å². The molecule has 1 aromatic carbocycles. The Hall–Kier alpha value is -1.94. The molecule has 0 radical (unpaired) electrons. The number of aliphatic hydroxyl groups is 1. The van der Waals surface area contributed by atoms with Gasteiger partial charge in [-0.3, -0.25) is 9.59 Å². The van der Waals surface area contributed by atoms with E-state index in [0.29, 0.717) is 5.56 Å². The van der Waals surface area contributed by atoms with E-state index in [4.69, 9.17) is 0 Å². The fourth-order valence-electron chi connectivity index (χ4n) is 2.21. The minimum atomic E-state index is -0.765. The molecule has 0 spiro atoms. The van der Waals surface area contributed by atoms with Crippen molar-refractivity contribution in [2.45, 2.75) is 6.92 Å². The molecule has 1 aliphatic carbocycles. The Balaban J connectivity index is 2.28. The van der Waals surface area contributed by atoms with Crippen LogP contribution in [0.1, 0.15) is 12.5 Å². The molecule has 3 nitrogen and oxygen atoms in total. The van der Waals surface area contributed by atoms with Gasteiger partial charge in [-0.2, -0.15) is 0 Å². The number of aliphatic hydroxyl groups excluding tert-OH is 1. The van der Waals surface area contributed by atoms with Gasteiger partial charge >= 0.3 is 0 Å². The minimum Gasteiger partial charge on any atom is -0.504 e. The molecule has 0 bridgehead atoms. The van der Waals surface area contributed by atoms with Crippen molar-refractivity contribution in [1.29, 1.82) is 0 Å². The lowest BCUT2D eigenvalue weighted by molar-refractivity contribution is -0.126. The van der Waals surface area contributed by atoms with Crippen molar-refractivity contribution in [1.82, 2.24) is 0 Å². The molecule has 1 heterocycles. The second-order valence-electron chi connectivity index (χ2n) is 4.32. The molecule has 0 saturated carbocycles. The Morgan fingerprint density at radius 2 is 1.89 bits per heavy atom. The van der Waals surface area contributed by atoms with Crippen molar-refractivity contribution in [2.24, 2.45) is 5.92 Å². The number of rotatable bonds is 1. The van der Waals surface area contributed by atoms with E-state index in [1.807, 2.05) is 29.6 Å². The molecule has 90 valence electrons. The Morgan fingerprint density at radius 1 is 1.17 bits per heavy atom. The predicted octanol–water partition coefficient (Wildman–Crippen LogP) is 2.96. The molecule has 0 fully saturated rings. The number of thiophene rings is 1. The summed E-state index contributed by atoms with van der Waals surface area (Å²) < 4.78 is 1.03. The van der Waals surface area contributed by atoms with Crippen LogP contribution in [-0.4, -0.2) is 16.7 Å². The lowest BCUT2D eigenvalue weighted by Crippen LogP contribution is -2.12. The summed E-state index contributed by atoms with van der Waals surface area (Å²) in [6.07, 6.45) is 0. The van der Waals surface area contributed by atoms with Gasteiger partial charge in [0.05, 0.1) is 11.5 Å². The van der Waals surface area contributed by atoms with Gasteiger partial charge in [0.1, 0.15) is 0 Å². The molecule has 3 rings (SSSR count). The number of allylic oxidation sites excluding steroid dienone is 2. The highest BCUT2D eigenvalue weighted by Gasteiger charge is 2.39. The Morgan fingerprint density at radius 3 is 2.56 bits per heavy atom. The summed E-state index contributed by atoms with van der Waals surface area (Å²) in [6.45, 7) is 1.53. The van der Waals surface area contributed by atoms with E-state index in [-0.39, 0.29) is 11.4 Å². The maximum Gasteiger partial charge on any atom is 0.208 e. The van der Waals surface area contributed by atoms with E-state index < -0.39 is 17.5 Å². The molecule has 4 heteroatoms. The molecule has 1 aromatic heterocycles. The molecule has 0 saturated heterocycles. The Kier molecular flexibility index (Phi) is 2.35. The number of benzene rings is 1. The van der Waals surface area contributed by atoms with Gasteiger partial charge in [-0.15, -0.1) is 11.3 Å². The van der Waals surface area contributed by atoms with E-state index in [1.165, 1.54) is 18.3 Å². The van der Waals surface area contributed by atoms with Crippen molar-refractivity contribution in [2.75, 3.05) is 0 Å². The Labute approximate surface area is 107 Å². The zero-order valence-corrected chi connectivity index (χ0v) is 10.5. The summed E-state index contributed by atoms with van der Waals surface area (Å²) in [5.74, 6) is -1.93. The van der Waals surface area contributed by atoms with E-state index in [2.05, 4.69) is 0 Å². The fourth-order valence-corrected chi connectivity index (χ4v) is 3.16. The van der Waals surface area contributed by atoms with Crippen LogP contribution in [0, 0.1) is 5.92 Å². The van der Waals surface area contributed by atoms with Gasteiger partial charge in [0.2, 0.25) is 5.78 Å². The molecular formula is C14H10O3S. The van der Waals surface area contributed by atoms with Crippen LogP contribution in [0.25, 0.3) is 15.7 Å². The van der Waals surface area contributed by atoms with E-state index in [9.17, 15) is 14.7 Å². The van der Waals surface area contributed by atoms with Crippen molar-refractivity contribution >= 4 is 38.6 Å². The first-order valence-electron chi connectivity index (χ1n) is 5.59. The quantitative estimate of drug-likeness (QED) is 0.800. The molecule has 1 N–H and O–H groups in total. The highest BCUT2D eigenvalue weighted by atomic mass is 32.1. The van der Waals surface area contributed by atoms with Crippen LogP contribution in [0.15, 0.2) is 35.4 Å². The van der Waals surface area contributed by atoms with Crippen molar-refractivity contribution in [3.05, 3.63) is 41.0 Å². The SMILES string of the molecule is C[C@H]1C(=O)C(O)=C(c2csc3ccccc23)C1=O. The number of Topliss-reactive ketones (excluding diaryl/α,β-unsaturated/α-hetero) is 2. The monoisotopic (exact) mass is 258 g/mol. The Bertz CT molecular complexity index is 709. The number of carbonyl (C=O) groups excluding carboxylic acids is 2. The fraction of sp³-hybridized carbons (Fsp3) is 0.143. The molecule has 0 unspecified atom stereocenters. The minimum absolute atomic E-state index is 0.171. The van der Waals surface area contributed by atoms with Gasteiger partial charge < -0.3 is 5.11 Å². The average molecular weight is 258 g/mol. The van der Waals surface area contributed by atoms with Gasteiger partial charge in [-0.25, -0.2) is 0 Å². The smallest absolute Gasteiger partial charge is 0.208 e. The first-order valence-corrected chi connectivity index (χ1v) is 6.47. The summed E-state index contributed by atoms with van der Waals surface area (Å²) in [5.41, 5.74) is 0.834. The number of carbonyl (C=O) groups is 2. The number of ketones is 2. The largest absolute Gasteiger partial charge is 0.504 e. The third-order valence-corrected chi connectivity index (χ3v) is 4.22. The van der Waals surface area contributed by atoms with Crippen molar-refractivity contribution in [3.63, 3.8) is 0 Å². The number of hydrogen-bond acceptors (Lipinski definition) is 4. The molecule has 18 heavy (non-hydrogen) atoms. The summed E-state index contributed by atoms with van der Waals surface area (Å²) in [7, 11) is 0. The van der Waals surface area contributed by atoms with Gasteiger partial charge in [-0.05, 0) is 13.0 Å².